The number of hydrogen-bond donors (Lipinski definition) is 1. The molecule has 2 N–H and O–H groups in total. The van der Waals surface area contributed by atoms with Crippen LogP contribution in [0.3, 0.4) is 0 Å². The SMILES string of the molecule is C[N+]1(C)C(c2ccc(C(=O)OCC(N)=O)cc2)=NC(c2ccc(F)cc2)=C1c1ccncc1. The Bertz CT molecular complexity index is 1270. The van der Waals surface area contributed by atoms with E-state index in [1.807, 2.05) is 26.2 Å². The van der Waals surface area contributed by atoms with Crippen LogP contribution in [0.1, 0.15) is 27.0 Å². The number of hydrogen-bond acceptors (Lipinski definition) is 5. The lowest BCUT2D eigenvalue weighted by atomic mass is 10.0. The van der Waals surface area contributed by atoms with Gasteiger partial charge in [-0.15, -0.1) is 0 Å². The summed E-state index contributed by atoms with van der Waals surface area (Å²) in [5, 5.41) is 0. The third-order valence-electron chi connectivity index (χ3n) is 5.33. The van der Waals surface area contributed by atoms with Crippen LogP contribution in [0.25, 0.3) is 11.4 Å². The molecule has 1 aliphatic heterocycles. The van der Waals surface area contributed by atoms with Crippen molar-refractivity contribution in [1.82, 2.24) is 4.98 Å². The van der Waals surface area contributed by atoms with Gasteiger partial charge in [-0.1, -0.05) is 0 Å². The number of amidine groups is 1. The van der Waals surface area contributed by atoms with Crippen molar-refractivity contribution >= 4 is 29.1 Å². The summed E-state index contributed by atoms with van der Waals surface area (Å²) < 4.78 is 18.7. The Morgan fingerprint density at radius 3 is 2.12 bits per heavy atom. The summed E-state index contributed by atoms with van der Waals surface area (Å²) >= 11 is 0. The van der Waals surface area contributed by atoms with E-state index in [-0.39, 0.29) is 5.82 Å². The van der Waals surface area contributed by atoms with Gasteiger partial charge in [-0.2, -0.15) is 4.99 Å². The number of primary amides is 1. The second-order valence-electron chi connectivity index (χ2n) is 7.95. The van der Waals surface area contributed by atoms with E-state index in [1.165, 1.54) is 12.1 Å². The number of nitrogens with zero attached hydrogens (tertiary/aromatic N) is 3. The summed E-state index contributed by atoms with van der Waals surface area (Å²) in [7, 11) is 4.03. The van der Waals surface area contributed by atoms with Gasteiger partial charge in [-0.05, 0) is 60.7 Å². The first-order valence-electron chi connectivity index (χ1n) is 10.2. The largest absolute Gasteiger partial charge is 0.452 e. The van der Waals surface area contributed by atoms with E-state index in [9.17, 15) is 14.0 Å². The highest BCUT2D eigenvalue weighted by atomic mass is 19.1. The topological polar surface area (TPSA) is 94.6 Å². The van der Waals surface area contributed by atoms with E-state index in [0.29, 0.717) is 10.0 Å². The molecule has 2 aromatic carbocycles. The average molecular weight is 445 g/mol. The van der Waals surface area contributed by atoms with Crippen molar-refractivity contribution in [3.63, 3.8) is 0 Å². The molecule has 1 amide bonds. The molecule has 0 atom stereocenters. The molecule has 33 heavy (non-hydrogen) atoms. The van der Waals surface area contributed by atoms with Crippen molar-refractivity contribution in [3.05, 3.63) is 101 Å². The summed E-state index contributed by atoms with van der Waals surface area (Å²) in [5.41, 5.74) is 9.51. The molecule has 1 aliphatic rings. The lowest BCUT2D eigenvalue weighted by molar-refractivity contribution is -0.716. The number of aromatic nitrogens is 1. The Balaban J connectivity index is 1.74. The number of benzene rings is 2. The van der Waals surface area contributed by atoms with Gasteiger partial charge in [0.1, 0.15) is 11.5 Å². The monoisotopic (exact) mass is 445 g/mol. The van der Waals surface area contributed by atoms with E-state index in [1.54, 1.807) is 48.8 Å². The molecule has 0 aliphatic carbocycles. The van der Waals surface area contributed by atoms with Crippen LogP contribution in [0.15, 0.2) is 78.0 Å². The number of rotatable bonds is 6. The van der Waals surface area contributed by atoms with Crippen molar-refractivity contribution in [2.24, 2.45) is 10.7 Å². The van der Waals surface area contributed by atoms with Crippen molar-refractivity contribution in [2.45, 2.75) is 0 Å². The minimum Gasteiger partial charge on any atom is -0.452 e. The van der Waals surface area contributed by atoms with Crippen molar-refractivity contribution in [1.29, 1.82) is 0 Å². The normalized spacial score (nSPS) is 14.7. The smallest absolute Gasteiger partial charge is 0.338 e. The van der Waals surface area contributed by atoms with Crippen LogP contribution in [0.5, 0.6) is 0 Å². The number of aliphatic imine (C=N–C) groups is 1. The predicted octanol–water partition coefficient (Wildman–Crippen LogP) is 3.23. The van der Waals surface area contributed by atoms with Crippen molar-refractivity contribution < 1.29 is 23.2 Å². The Morgan fingerprint density at radius 1 is 0.909 bits per heavy atom. The highest BCUT2D eigenvalue weighted by Crippen LogP contribution is 2.40. The Kier molecular flexibility index (Phi) is 5.85. The number of esters is 1. The zero-order valence-corrected chi connectivity index (χ0v) is 18.2. The molecule has 2 heterocycles. The number of quaternary nitrogens is 1. The van der Waals surface area contributed by atoms with Crippen LogP contribution in [0.4, 0.5) is 4.39 Å². The Morgan fingerprint density at radius 2 is 1.52 bits per heavy atom. The fraction of sp³-hybridized carbons (Fsp3) is 0.120. The first kappa shape index (κ1) is 22.0. The molecule has 166 valence electrons. The van der Waals surface area contributed by atoms with E-state index in [4.69, 9.17) is 15.5 Å². The van der Waals surface area contributed by atoms with Crippen LogP contribution < -0.4 is 5.73 Å². The predicted molar refractivity (Wildman–Crippen MR) is 122 cm³/mol. The number of amides is 1. The van der Waals surface area contributed by atoms with Gasteiger partial charge in [0.15, 0.2) is 12.3 Å². The zero-order valence-electron chi connectivity index (χ0n) is 18.2. The summed E-state index contributed by atoms with van der Waals surface area (Å²) in [4.78, 5) is 32.0. The van der Waals surface area contributed by atoms with Crippen molar-refractivity contribution in [3.8, 4) is 0 Å². The quantitative estimate of drug-likeness (QED) is 0.466. The fourth-order valence-corrected chi connectivity index (χ4v) is 3.80. The molecule has 8 heteroatoms. The van der Waals surface area contributed by atoms with Crippen LogP contribution in [-0.4, -0.2) is 47.9 Å². The molecule has 0 bridgehead atoms. The van der Waals surface area contributed by atoms with Crippen LogP contribution in [-0.2, 0) is 9.53 Å². The van der Waals surface area contributed by atoms with E-state index < -0.39 is 18.5 Å². The maximum absolute atomic E-state index is 13.6. The second-order valence-corrected chi connectivity index (χ2v) is 7.95. The highest BCUT2D eigenvalue weighted by molar-refractivity contribution is 6.08. The number of carbonyl (C=O) groups excluding carboxylic acids is 2. The number of nitrogens with two attached hydrogens (primary N) is 1. The molecule has 7 nitrogen and oxygen atoms in total. The van der Waals surface area contributed by atoms with Gasteiger partial charge < -0.3 is 10.5 Å². The molecule has 0 saturated heterocycles. The molecule has 0 saturated carbocycles. The Labute approximate surface area is 190 Å². The van der Waals surface area contributed by atoms with Gasteiger partial charge in [0.2, 0.25) is 5.84 Å². The lowest BCUT2D eigenvalue weighted by Gasteiger charge is -2.28. The van der Waals surface area contributed by atoms with Crippen LogP contribution in [0, 0.1) is 5.82 Å². The van der Waals surface area contributed by atoms with Gasteiger partial charge >= 0.3 is 5.97 Å². The Hall–Kier alpha value is -4.17. The summed E-state index contributed by atoms with van der Waals surface area (Å²) in [6, 6.07) is 16.8. The number of ether oxygens (including phenoxy) is 1. The first-order valence-corrected chi connectivity index (χ1v) is 10.2. The van der Waals surface area contributed by atoms with Gasteiger partial charge in [0.05, 0.1) is 25.2 Å². The number of carbonyl (C=O) groups is 2. The minimum absolute atomic E-state index is 0.296. The molecule has 3 aromatic rings. The standard InChI is InChI=1S/C25H21FN4O3/c1-30(2)23(17-11-13-28-14-12-17)22(16-7-9-20(26)10-8-16)29-24(30)18-3-5-19(6-4-18)25(32)33-15-21(27)31/h3-14H,15H2,1-2H3,(H-,27,31)/p+1. The fourth-order valence-electron chi connectivity index (χ4n) is 3.80. The third kappa shape index (κ3) is 4.42. The molecular weight excluding hydrogens is 423 g/mol. The minimum atomic E-state index is -0.720. The number of halogens is 1. The summed E-state index contributed by atoms with van der Waals surface area (Å²) in [6.07, 6.45) is 3.43. The molecule has 0 spiro atoms. The lowest BCUT2D eigenvalue weighted by Crippen LogP contribution is -2.41. The molecular formula is C25H22FN4O3+. The molecule has 0 unspecified atom stereocenters. The van der Waals surface area contributed by atoms with Crippen LogP contribution >= 0.6 is 0 Å². The summed E-state index contributed by atoms with van der Waals surface area (Å²) in [6.45, 7) is -0.475. The highest BCUT2D eigenvalue weighted by Gasteiger charge is 2.41. The molecule has 1 aromatic heterocycles. The first-order chi connectivity index (χ1) is 15.8. The maximum atomic E-state index is 13.6. The van der Waals surface area contributed by atoms with Crippen LogP contribution in [0.2, 0.25) is 0 Å². The van der Waals surface area contributed by atoms with Crippen molar-refractivity contribution in [2.75, 3.05) is 20.7 Å². The van der Waals surface area contributed by atoms with Gasteiger partial charge in [-0.25, -0.2) is 13.7 Å². The van der Waals surface area contributed by atoms with Gasteiger partial charge in [0.25, 0.3) is 5.91 Å². The third-order valence-corrected chi connectivity index (χ3v) is 5.33. The summed E-state index contributed by atoms with van der Waals surface area (Å²) in [5.74, 6) is -0.926. The molecule has 0 radical (unpaired) electrons. The molecule has 0 fully saturated rings. The maximum Gasteiger partial charge on any atom is 0.338 e. The zero-order chi connectivity index (χ0) is 23.6. The van der Waals surface area contributed by atoms with Gasteiger partial charge in [0, 0.05) is 23.5 Å². The molecule has 4 rings (SSSR count). The van der Waals surface area contributed by atoms with E-state index in [2.05, 4.69) is 4.98 Å². The average Bonchev–Trinajstić information content (AvgIpc) is 3.09. The van der Waals surface area contributed by atoms with E-state index >= 15 is 0 Å². The van der Waals surface area contributed by atoms with E-state index in [0.717, 1.165) is 33.9 Å². The number of pyridine rings is 1. The van der Waals surface area contributed by atoms with Gasteiger partial charge in [-0.3, -0.25) is 9.78 Å². The second kappa shape index (κ2) is 8.76.